The number of nitrogens with zero attached hydrogens (tertiary/aromatic N) is 2. The summed E-state index contributed by atoms with van der Waals surface area (Å²) >= 11 is 0. The molecule has 0 saturated heterocycles. The summed E-state index contributed by atoms with van der Waals surface area (Å²) in [5, 5.41) is 12.5. The first-order valence-electron chi connectivity index (χ1n) is 14.8. The third-order valence-electron chi connectivity index (χ3n) is 9.28. The number of benzene rings is 2. The molecule has 10 heteroatoms. The Morgan fingerprint density at radius 3 is 2.53 bits per heavy atom. The normalized spacial score (nSPS) is 19.3. The lowest BCUT2D eigenvalue weighted by Crippen LogP contribution is -2.38. The Kier molecular flexibility index (Phi) is 7.43. The van der Waals surface area contributed by atoms with Crippen LogP contribution in [-0.4, -0.2) is 46.3 Å². The van der Waals surface area contributed by atoms with Crippen molar-refractivity contribution in [2.75, 3.05) is 13.7 Å². The number of fused-ring (bicyclic) bond motifs is 2. The maximum absolute atomic E-state index is 13.8. The molecule has 3 heterocycles. The molecule has 0 unspecified atom stereocenters. The maximum Gasteiger partial charge on any atom is 0.224 e. The molecule has 2 aliphatic rings. The molecule has 6 rings (SSSR count). The summed E-state index contributed by atoms with van der Waals surface area (Å²) < 4.78 is 25.4. The first kappa shape index (κ1) is 30.3. The third kappa shape index (κ3) is 5.44. The molecule has 1 amide bonds. The van der Waals surface area contributed by atoms with E-state index in [9.17, 15) is 23.9 Å². The van der Waals surface area contributed by atoms with Crippen LogP contribution in [0.15, 0.2) is 60.8 Å². The van der Waals surface area contributed by atoms with E-state index in [1.165, 1.54) is 19.2 Å². The molecule has 9 nitrogen and oxygen atoms in total. The van der Waals surface area contributed by atoms with Gasteiger partial charge in [-0.05, 0) is 81.6 Å². The molecule has 2 atom stereocenters. The van der Waals surface area contributed by atoms with Crippen LogP contribution in [0.25, 0.3) is 22.2 Å². The van der Waals surface area contributed by atoms with E-state index in [2.05, 4.69) is 4.98 Å². The number of Topliss-reactive ketones (excluding diaryl/α,β-unsaturated/α-hetero) is 2. The monoisotopic (exact) mass is 611 g/mol. The van der Waals surface area contributed by atoms with Crippen molar-refractivity contribution in [3.05, 3.63) is 83.4 Å². The molecule has 0 radical (unpaired) electrons. The Labute approximate surface area is 259 Å². The molecule has 1 aliphatic heterocycles. The van der Waals surface area contributed by atoms with Crippen molar-refractivity contribution in [2.24, 2.45) is 11.1 Å². The Balaban J connectivity index is 1.34. The lowest BCUT2D eigenvalue weighted by atomic mass is 9.75. The van der Waals surface area contributed by atoms with Gasteiger partial charge in [0.05, 0.1) is 23.6 Å². The summed E-state index contributed by atoms with van der Waals surface area (Å²) in [7, 11) is 1.52. The molecular formula is C35H34FN3O6. The van der Waals surface area contributed by atoms with Gasteiger partial charge in [-0.1, -0.05) is 6.07 Å². The second kappa shape index (κ2) is 11.0. The van der Waals surface area contributed by atoms with Crippen molar-refractivity contribution in [1.82, 2.24) is 9.97 Å². The van der Waals surface area contributed by atoms with E-state index in [0.717, 1.165) is 5.39 Å². The van der Waals surface area contributed by atoms with Gasteiger partial charge in [-0.3, -0.25) is 19.4 Å². The molecule has 1 aliphatic carbocycles. The number of hydrogen-bond donors (Lipinski definition) is 2. The van der Waals surface area contributed by atoms with E-state index in [-0.39, 0.29) is 43.1 Å². The SMILES string of the molecule is COc1cc(C(=O)CC[C@](C)(O)c2cc3c(c(-c4ccc(F)cc4)n2)OC[C@]3(C)C(=O)CC2(C(N)=O)CC2)cc2cccnc12. The Bertz CT molecular complexity index is 1850. The number of aromatic nitrogens is 2. The number of pyridine rings is 2. The molecule has 1 fully saturated rings. The third-order valence-corrected chi connectivity index (χ3v) is 9.28. The van der Waals surface area contributed by atoms with Gasteiger partial charge < -0.3 is 20.3 Å². The number of aliphatic hydroxyl groups is 1. The number of nitrogens with two attached hydrogens (primary N) is 1. The molecular weight excluding hydrogens is 577 g/mol. The van der Waals surface area contributed by atoms with Gasteiger partial charge in [0, 0.05) is 41.1 Å². The van der Waals surface area contributed by atoms with Crippen molar-refractivity contribution in [3.63, 3.8) is 0 Å². The van der Waals surface area contributed by atoms with Gasteiger partial charge in [0.1, 0.15) is 46.5 Å². The van der Waals surface area contributed by atoms with Crippen LogP contribution in [-0.2, 0) is 20.6 Å². The number of primary amides is 1. The first-order valence-corrected chi connectivity index (χ1v) is 14.8. The molecule has 45 heavy (non-hydrogen) atoms. The van der Waals surface area contributed by atoms with Gasteiger partial charge in [0.25, 0.3) is 0 Å². The summed E-state index contributed by atoms with van der Waals surface area (Å²) in [4.78, 5) is 48.3. The van der Waals surface area contributed by atoms with Crippen LogP contribution in [0.4, 0.5) is 4.39 Å². The van der Waals surface area contributed by atoms with Crippen molar-refractivity contribution in [2.45, 2.75) is 57.0 Å². The van der Waals surface area contributed by atoms with Gasteiger partial charge in [0.2, 0.25) is 5.91 Å². The average Bonchev–Trinajstić information content (AvgIpc) is 3.74. The summed E-state index contributed by atoms with van der Waals surface area (Å²) in [5.41, 5.74) is 4.72. The lowest BCUT2D eigenvalue weighted by Gasteiger charge is -2.27. The van der Waals surface area contributed by atoms with Gasteiger partial charge >= 0.3 is 0 Å². The molecule has 232 valence electrons. The fourth-order valence-electron chi connectivity index (χ4n) is 5.96. The highest BCUT2D eigenvalue weighted by Gasteiger charge is 2.54. The molecule has 2 aromatic carbocycles. The van der Waals surface area contributed by atoms with Gasteiger partial charge in [-0.15, -0.1) is 0 Å². The number of carbonyl (C=O) groups excluding carboxylic acids is 3. The average molecular weight is 612 g/mol. The quantitative estimate of drug-likeness (QED) is 0.221. The minimum Gasteiger partial charge on any atom is -0.494 e. The van der Waals surface area contributed by atoms with Crippen LogP contribution in [0, 0.1) is 11.2 Å². The van der Waals surface area contributed by atoms with Crippen molar-refractivity contribution in [1.29, 1.82) is 0 Å². The number of methoxy groups -OCH3 is 1. The Morgan fingerprint density at radius 1 is 1.13 bits per heavy atom. The summed E-state index contributed by atoms with van der Waals surface area (Å²) in [6.45, 7) is 3.32. The molecule has 1 saturated carbocycles. The fraction of sp³-hybridized carbons (Fsp3) is 0.343. The Morgan fingerprint density at radius 2 is 1.87 bits per heavy atom. The first-order chi connectivity index (χ1) is 21.4. The lowest BCUT2D eigenvalue weighted by molar-refractivity contribution is -0.131. The molecule has 4 aromatic rings. The number of rotatable bonds is 11. The standard InChI is InChI=1S/C35H34FN3O6/c1-33(28(41)18-35(12-13-35)32(37)42)19-45-31-24(33)17-27(39-30(31)20-6-8-23(36)9-7-20)34(2,43)11-10-25(40)22-15-21-5-4-14-38-29(21)26(16-22)44-3/h4-9,14-17,43H,10-13,18-19H2,1-3H3,(H2,37,42)/t33-,34-/m0/s1. The zero-order valence-electron chi connectivity index (χ0n) is 25.4. The van der Waals surface area contributed by atoms with Crippen LogP contribution in [0.5, 0.6) is 11.5 Å². The highest BCUT2D eigenvalue weighted by atomic mass is 19.1. The van der Waals surface area contributed by atoms with Crippen molar-refractivity contribution < 1.29 is 33.4 Å². The fourth-order valence-corrected chi connectivity index (χ4v) is 5.96. The highest BCUT2D eigenvalue weighted by Crippen LogP contribution is 2.53. The number of ketones is 2. The van der Waals surface area contributed by atoms with Crippen LogP contribution in [0.2, 0.25) is 0 Å². The zero-order chi connectivity index (χ0) is 32.1. The van der Waals surface area contributed by atoms with Crippen LogP contribution >= 0.6 is 0 Å². The van der Waals surface area contributed by atoms with Crippen molar-refractivity contribution >= 4 is 28.4 Å². The zero-order valence-corrected chi connectivity index (χ0v) is 25.4. The van der Waals surface area contributed by atoms with E-state index in [1.807, 2.05) is 6.07 Å². The van der Waals surface area contributed by atoms with Crippen LogP contribution in [0.1, 0.15) is 67.6 Å². The van der Waals surface area contributed by atoms with Crippen molar-refractivity contribution in [3.8, 4) is 22.8 Å². The number of halogens is 1. The summed E-state index contributed by atoms with van der Waals surface area (Å²) in [5.74, 6) is -0.498. The molecule has 2 aromatic heterocycles. The summed E-state index contributed by atoms with van der Waals surface area (Å²) in [6.07, 6.45) is 2.76. The van der Waals surface area contributed by atoms with E-state index >= 15 is 0 Å². The second-order valence-corrected chi connectivity index (χ2v) is 12.6. The van der Waals surface area contributed by atoms with E-state index in [4.69, 9.17) is 20.2 Å². The molecule has 3 N–H and O–H groups in total. The predicted molar refractivity (Wildman–Crippen MR) is 164 cm³/mol. The van der Waals surface area contributed by atoms with E-state index in [0.29, 0.717) is 52.2 Å². The topological polar surface area (TPSA) is 142 Å². The maximum atomic E-state index is 13.8. The highest BCUT2D eigenvalue weighted by molar-refractivity contribution is 6.01. The van der Waals surface area contributed by atoms with Gasteiger partial charge in [-0.25, -0.2) is 9.37 Å². The number of amides is 1. The van der Waals surface area contributed by atoms with Gasteiger partial charge in [0.15, 0.2) is 5.78 Å². The number of carbonyl (C=O) groups is 3. The van der Waals surface area contributed by atoms with E-state index < -0.39 is 28.2 Å². The predicted octanol–water partition coefficient (Wildman–Crippen LogP) is 5.19. The largest absolute Gasteiger partial charge is 0.494 e. The summed E-state index contributed by atoms with van der Waals surface area (Å²) in [6, 6.07) is 14.3. The van der Waals surface area contributed by atoms with Crippen LogP contribution < -0.4 is 15.2 Å². The molecule has 0 spiro atoms. The Hall–Kier alpha value is -4.70. The minimum atomic E-state index is -1.60. The smallest absolute Gasteiger partial charge is 0.224 e. The molecule has 0 bridgehead atoms. The second-order valence-electron chi connectivity index (χ2n) is 12.6. The number of hydrogen-bond acceptors (Lipinski definition) is 8. The van der Waals surface area contributed by atoms with E-state index in [1.54, 1.807) is 56.4 Å². The van der Waals surface area contributed by atoms with Gasteiger partial charge in [-0.2, -0.15) is 0 Å². The minimum absolute atomic E-state index is 0.00855. The number of ether oxygens (including phenoxy) is 2. The van der Waals surface area contributed by atoms with Crippen LogP contribution in [0.3, 0.4) is 0 Å².